The second kappa shape index (κ2) is 6.77. The molecule has 0 atom stereocenters. The van der Waals surface area contributed by atoms with Crippen LogP contribution >= 0.6 is 0 Å². The van der Waals surface area contributed by atoms with Crippen LogP contribution in [0.2, 0.25) is 0 Å². The summed E-state index contributed by atoms with van der Waals surface area (Å²) in [4.78, 5) is 14.2. The van der Waals surface area contributed by atoms with Crippen LogP contribution in [-0.4, -0.2) is 44.5 Å². The van der Waals surface area contributed by atoms with Gasteiger partial charge in [0.1, 0.15) is 0 Å². The number of hydrogen-bond acceptors (Lipinski definition) is 5. The molecule has 0 bridgehead atoms. The van der Waals surface area contributed by atoms with Gasteiger partial charge in [-0.15, -0.1) is 0 Å². The van der Waals surface area contributed by atoms with E-state index in [1.54, 1.807) is 6.07 Å². The molecule has 2 rings (SSSR count). The van der Waals surface area contributed by atoms with Crippen molar-refractivity contribution < 1.29 is 18.8 Å². The summed E-state index contributed by atoms with van der Waals surface area (Å²) < 4.78 is 17.2. The highest BCUT2D eigenvalue weighted by atomic mass is 16.7. The van der Waals surface area contributed by atoms with Crippen LogP contribution < -0.4 is 10.4 Å². The molecule has 6 heteroatoms. The second-order valence-corrected chi connectivity index (χ2v) is 7.07. The third-order valence-corrected chi connectivity index (χ3v) is 5.02. The van der Waals surface area contributed by atoms with E-state index in [-0.39, 0.29) is 5.97 Å². The van der Waals surface area contributed by atoms with Crippen LogP contribution in [0.5, 0.6) is 0 Å². The van der Waals surface area contributed by atoms with Gasteiger partial charge in [-0.25, -0.2) is 4.79 Å². The van der Waals surface area contributed by atoms with Crippen molar-refractivity contribution >= 4 is 24.2 Å². The summed E-state index contributed by atoms with van der Waals surface area (Å²) >= 11 is 0. The number of benzene rings is 1. The predicted octanol–water partition coefficient (Wildman–Crippen LogP) is 2.62. The molecule has 0 amide bonds. The van der Waals surface area contributed by atoms with E-state index in [0.717, 1.165) is 24.2 Å². The molecule has 1 aliphatic heterocycles. The predicted molar refractivity (Wildman–Crippen MR) is 97.1 cm³/mol. The molecule has 5 nitrogen and oxygen atoms in total. The Bertz CT molecular complexity index is 595. The first-order valence-electron chi connectivity index (χ1n) is 8.49. The van der Waals surface area contributed by atoms with E-state index in [4.69, 9.17) is 14.0 Å². The molecule has 0 spiro atoms. The standard InChI is InChI=1S/C18H28BNO4/c1-8-20(9-2)15-11-13(16(21)22-7)10-14(12-15)19-23-17(3,4)18(5,6)24-19/h10-12H,8-9H2,1-7H3. The maximum Gasteiger partial charge on any atom is 0.494 e. The fourth-order valence-corrected chi connectivity index (χ4v) is 2.76. The van der Waals surface area contributed by atoms with E-state index in [9.17, 15) is 4.79 Å². The second-order valence-electron chi connectivity index (χ2n) is 7.07. The summed E-state index contributed by atoms with van der Waals surface area (Å²) in [6.45, 7) is 13.9. The van der Waals surface area contributed by atoms with Gasteiger partial charge in [0.15, 0.2) is 0 Å². The smallest absolute Gasteiger partial charge is 0.465 e. The SMILES string of the molecule is CCN(CC)c1cc(B2OC(C)(C)C(C)(C)O2)cc(C(=O)OC)c1. The Morgan fingerprint density at radius 1 is 1.08 bits per heavy atom. The number of ether oxygens (including phenoxy) is 1. The van der Waals surface area contributed by atoms with Crippen molar-refractivity contribution in [3.8, 4) is 0 Å². The zero-order chi connectivity index (χ0) is 18.1. The van der Waals surface area contributed by atoms with Crippen LogP contribution in [0.1, 0.15) is 51.9 Å². The molecule has 132 valence electrons. The first kappa shape index (κ1) is 18.8. The zero-order valence-electron chi connectivity index (χ0n) is 15.8. The van der Waals surface area contributed by atoms with E-state index in [2.05, 4.69) is 18.7 Å². The van der Waals surface area contributed by atoms with E-state index >= 15 is 0 Å². The highest BCUT2D eigenvalue weighted by molar-refractivity contribution is 6.62. The molecule has 0 aliphatic carbocycles. The molecular formula is C18H28BNO4. The molecule has 1 saturated heterocycles. The maximum atomic E-state index is 12.1. The monoisotopic (exact) mass is 333 g/mol. The number of methoxy groups -OCH3 is 1. The van der Waals surface area contributed by atoms with Gasteiger partial charge in [0.25, 0.3) is 0 Å². The highest BCUT2D eigenvalue weighted by Gasteiger charge is 2.51. The zero-order valence-corrected chi connectivity index (χ0v) is 15.8. The highest BCUT2D eigenvalue weighted by Crippen LogP contribution is 2.36. The minimum Gasteiger partial charge on any atom is -0.465 e. The Labute approximate surface area is 145 Å². The number of anilines is 1. The van der Waals surface area contributed by atoms with Gasteiger partial charge in [-0.2, -0.15) is 0 Å². The van der Waals surface area contributed by atoms with Crippen molar-refractivity contribution in [2.75, 3.05) is 25.1 Å². The molecule has 1 fully saturated rings. The lowest BCUT2D eigenvalue weighted by atomic mass is 9.78. The van der Waals surface area contributed by atoms with Crippen molar-refractivity contribution in [1.29, 1.82) is 0 Å². The lowest BCUT2D eigenvalue weighted by Gasteiger charge is -2.32. The van der Waals surface area contributed by atoms with Gasteiger partial charge in [-0.3, -0.25) is 0 Å². The molecule has 0 aromatic heterocycles. The number of nitrogens with zero attached hydrogens (tertiary/aromatic N) is 1. The van der Waals surface area contributed by atoms with Gasteiger partial charge in [0, 0.05) is 18.8 Å². The van der Waals surface area contributed by atoms with E-state index in [0.29, 0.717) is 5.56 Å². The Morgan fingerprint density at radius 2 is 1.62 bits per heavy atom. The first-order valence-corrected chi connectivity index (χ1v) is 8.49. The van der Waals surface area contributed by atoms with Crippen LogP contribution in [0, 0.1) is 0 Å². The average Bonchev–Trinajstić information content (AvgIpc) is 2.75. The summed E-state index contributed by atoms with van der Waals surface area (Å²) in [6.07, 6.45) is 0. The van der Waals surface area contributed by atoms with Gasteiger partial charge in [-0.05, 0) is 65.2 Å². The number of esters is 1. The van der Waals surface area contributed by atoms with Gasteiger partial charge < -0.3 is 18.9 Å². The van der Waals surface area contributed by atoms with Crippen molar-refractivity contribution in [1.82, 2.24) is 0 Å². The molecule has 1 aliphatic rings. The third kappa shape index (κ3) is 3.45. The molecule has 0 saturated carbocycles. The number of carbonyl (C=O) groups excluding carboxylic acids is 1. The van der Waals surface area contributed by atoms with Gasteiger partial charge in [0.2, 0.25) is 0 Å². The van der Waals surface area contributed by atoms with E-state index in [1.165, 1.54) is 7.11 Å². The Morgan fingerprint density at radius 3 is 2.08 bits per heavy atom. The molecule has 1 aromatic carbocycles. The fourth-order valence-electron chi connectivity index (χ4n) is 2.76. The number of carbonyl (C=O) groups is 1. The van der Waals surface area contributed by atoms with Crippen molar-refractivity contribution in [3.05, 3.63) is 23.8 Å². The van der Waals surface area contributed by atoms with Crippen molar-refractivity contribution in [3.63, 3.8) is 0 Å². The summed E-state index contributed by atoms with van der Waals surface area (Å²) in [5.74, 6) is -0.359. The van der Waals surface area contributed by atoms with Crippen LogP contribution in [-0.2, 0) is 14.0 Å². The van der Waals surface area contributed by atoms with Crippen LogP contribution in [0.4, 0.5) is 5.69 Å². The molecule has 24 heavy (non-hydrogen) atoms. The number of hydrogen-bond donors (Lipinski definition) is 0. The van der Waals surface area contributed by atoms with Gasteiger partial charge >= 0.3 is 13.1 Å². The minimum absolute atomic E-state index is 0.359. The molecule has 0 N–H and O–H groups in total. The van der Waals surface area contributed by atoms with E-state index < -0.39 is 18.3 Å². The minimum atomic E-state index is -0.506. The van der Waals surface area contributed by atoms with E-state index in [1.807, 2.05) is 39.8 Å². The van der Waals surface area contributed by atoms with Gasteiger partial charge in [-0.1, -0.05) is 0 Å². The first-order chi connectivity index (χ1) is 11.1. The molecule has 0 unspecified atom stereocenters. The molecular weight excluding hydrogens is 305 g/mol. The quantitative estimate of drug-likeness (QED) is 0.612. The fraction of sp³-hybridized carbons (Fsp3) is 0.611. The number of rotatable bonds is 5. The summed E-state index contributed by atoms with van der Waals surface area (Å²) in [5.41, 5.74) is 1.46. The Kier molecular flexibility index (Phi) is 5.30. The van der Waals surface area contributed by atoms with Crippen LogP contribution in [0.3, 0.4) is 0 Å². The topological polar surface area (TPSA) is 48.0 Å². The Balaban J connectivity index is 2.46. The molecule has 1 heterocycles. The average molecular weight is 333 g/mol. The van der Waals surface area contributed by atoms with Crippen molar-refractivity contribution in [2.24, 2.45) is 0 Å². The lowest BCUT2D eigenvalue weighted by Crippen LogP contribution is -2.41. The maximum absolute atomic E-state index is 12.1. The lowest BCUT2D eigenvalue weighted by molar-refractivity contribution is 0.00578. The van der Waals surface area contributed by atoms with Crippen LogP contribution in [0.15, 0.2) is 18.2 Å². The third-order valence-electron chi connectivity index (χ3n) is 5.02. The normalized spacial score (nSPS) is 18.5. The largest absolute Gasteiger partial charge is 0.494 e. The Hall–Kier alpha value is -1.53. The molecule has 0 radical (unpaired) electrons. The molecule has 1 aromatic rings. The summed E-state index contributed by atoms with van der Waals surface area (Å²) in [7, 11) is 0.884. The summed E-state index contributed by atoms with van der Waals surface area (Å²) in [6, 6.07) is 5.68. The summed E-state index contributed by atoms with van der Waals surface area (Å²) in [5, 5.41) is 0. The van der Waals surface area contributed by atoms with Crippen molar-refractivity contribution in [2.45, 2.75) is 52.7 Å². The van der Waals surface area contributed by atoms with Crippen LogP contribution in [0.25, 0.3) is 0 Å². The van der Waals surface area contributed by atoms with Gasteiger partial charge in [0.05, 0.1) is 23.9 Å².